The standard InChI is InChI=1S/C27H24Cl2FN3O/c1-15-5-7-19(30)13-20(15)21-9-10-32-26(16-3-2-4-17(28)11-16)27(21)22-8-6-18(29)12-23(22)33-24(27)14-25(31)34/h2-8,11-13,21,26,32H,9-10,14H2,1H3,(H2,31,34). The van der Waals surface area contributed by atoms with E-state index in [1.54, 1.807) is 12.1 Å². The molecule has 3 aromatic carbocycles. The summed E-state index contributed by atoms with van der Waals surface area (Å²) in [5, 5.41) is 4.84. The van der Waals surface area contributed by atoms with Crippen molar-refractivity contribution >= 4 is 40.5 Å². The number of piperidine rings is 1. The zero-order valence-corrected chi connectivity index (χ0v) is 20.1. The Hall–Kier alpha value is -2.73. The van der Waals surface area contributed by atoms with Gasteiger partial charge in [0.25, 0.3) is 0 Å². The van der Waals surface area contributed by atoms with E-state index in [4.69, 9.17) is 33.9 Å². The molecule has 0 saturated carbocycles. The zero-order valence-electron chi connectivity index (χ0n) is 18.6. The maximum Gasteiger partial charge on any atom is 0.223 e. The number of carbonyl (C=O) groups is 1. The largest absolute Gasteiger partial charge is 0.369 e. The number of nitrogens with two attached hydrogens (primary N) is 1. The normalized spacial score (nSPS) is 23.6. The highest BCUT2D eigenvalue weighted by molar-refractivity contribution is 6.31. The molecule has 1 spiro atoms. The van der Waals surface area contributed by atoms with Gasteiger partial charge in [0.15, 0.2) is 0 Å². The van der Waals surface area contributed by atoms with Crippen molar-refractivity contribution in [3.05, 3.63) is 98.8 Å². The zero-order chi connectivity index (χ0) is 24.0. The predicted octanol–water partition coefficient (Wildman–Crippen LogP) is 6.16. The first-order chi connectivity index (χ1) is 16.3. The van der Waals surface area contributed by atoms with Crippen LogP contribution in [-0.4, -0.2) is 18.2 Å². The summed E-state index contributed by atoms with van der Waals surface area (Å²) < 4.78 is 14.6. The van der Waals surface area contributed by atoms with Crippen molar-refractivity contribution in [2.24, 2.45) is 10.7 Å². The number of primary amides is 1. The number of aryl methyl sites for hydroxylation is 1. The number of aliphatic imine (C=N–C) groups is 1. The molecule has 3 atom stereocenters. The summed E-state index contributed by atoms with van der Waals surface area (Å²) >= 11 is 12.7. The third kappa shape index (κ3) is 3.72. The molecule has 1 amide bonds. The third-order valence-electron chi connectivity index (χ3n) is 7.07. The Morgan fingerprint density at radius 2 is 1.94 bits per heavy atom. The molecule has 34 heavy (non-hydrogen) atoms. The molecule has 1 saturated heterocycles. The number of carbonyl (C=O) groups excluding carboxylic acids is 1. The van der Waals surface area contributed by atoms with Crippen LogP contribution >= 0.6 is 23.2 Å². The lowest BCUT2D eigenvalue weighted by molar-refractivity contribution is -0.116. The van der Waals surface area contributed by atoms with E-state index in [-0.39, 0.29) is 24.2 Å². The summed E-state index contributed by atoms with van der Waals surface area (Å²) in [6.45, 7) is 2.69. The minimum atomic E-state index is -0.781. The number of hydrogen-bond donors (Lipinski definition) is 2. The number of nitrogens with zero attached hydrogens (tertiary/aromatic N) is 1. The molecule has 0 aliphatic carbocycles. The summed E-state index contributed by atoms with van der Waals surface area (Å²) in [5.74, 6) is -0.924. The number of fused-ring (bicyclic) bond motifs is 2. The third-order valence-corrected chi connectivity index (χ3v) is 7.54. The van der Waals surface area contributed by atoms with Crippen molar-refractivity contribution in [1.82, 2.24) is 5.32 Å². The molecule has 5 rings (SSSR count). The van der Waals surface area contributed by atoms with Crippen molar-refractivity contribution < 1.29 is 9.18 Å². The molecular formula is C27H24Cl2FN3O. The molecule has 174 valence electrons. The van der Waals surface area contributed by atoms with Crippen LogP contribution < -0.4 is 11.1 Å². The second-order valence-electron chi connectivity index (χ2n) is 9.02. The Morgan fingerprint density at radius 1 is 1.15 bits per heavy atom. The molecule has 2 aliphatic rings. The van der Waals surface area contributed by atoms with Gasteiger partial charge < -0.3 is 11.1 Å². The number of halogens is 3. The van der Waals surface area contributed by atoms with Crippen LogP contribution in [0.4, 0.5) is 10.1 Å². The van der Waals surface area contributed by atoms with E-state index in [0.717, 1.165) is 28.7 Å². The Labute approximate surface area is 208 Å². The second kappa shape index (κ2) is 8.81. The van der Waals surface area contributed by atoms with Gasteiger partial charge in [0.05, 0.1) is 17.5 Å². The van der Waals surface area contributed by atoms with Crippen molar-refractivity contribution in [3.8, 4) is 0 Å². The van der Waals surface area contributed by atoms with Gasteiger partial charge in [-0.1, -0.05) is 47.5 Å². The van der Waals surface area contributed by atoms with E-state index in [1.165, 1.54) is 6.07 Å². The molecule has 7 heteroatoms. The Bertz CT molecular complexity index is 1320. The summed E-state index contributed by atoms with van der Waals surface area (Å²) in [7, 11) is 0. The van der Waals surface area contributed by atoms with Gasteiger partial charge in [0.2, 0.25) is 5.91 Å². The van der Waals surface area contributed by atoms with Crippen molar-refractivity contribution in [2.75, 3.05) is 6.54 Å². The molecule has 0 bridgehead atoms. The minimum absolute atomic E-state index is 0.0179. The number of nitrogens with one attached hydrogen (secondary N) is 1. The van der Waals surface area contributed by atoms with Gasteiger partial charge in [-0.15, -0.1) is 0 Å². The summed E-state index contributed by atoms with van der Waals surface area (Å²) in [6, 6.07) is 17.9. The smallest absolute Gasteiger partial charge is 0.223 e. The van der Waals surface area contributed by atoms with Crippen LogP contribution in [0.3, 0.4) is 0 Å². The van der Waals surface area contributed by atoms with E-state index in [2.05, 4.69) is 5.32 Å². The lowest BCUT2D eigenvalue weighted by Gasteiger charge is -2.50. The molecule has 3 unspecified atom stereocenters. The van der Waals surface area contributed by atoms with Gasteiger partial charge in [-0.2, -0.15) is 0 Å². The lowest BCUT2D eigenvalue weighted by Crippen LogP contribution is -2.55. The fourth-order valence-electron chi connectivity index (χ4n) is 5.82. The number of benzene rings is 3. The highest BCUT2D eigenvalue weighted by Gasteiger charge is 2.57. The number of amides is 1. The molecule has 3 aromatic rings. The van der Waals surface area contributed by atoms with Gasteiger partial charge in [-0.05, 0) is 78.5 Å². The monoisotopic (exact) mass is 495 g/mol. The van der Waals surface area contributed by atoms with Crippen LogP contribution in [0.2, 0.25) is 10.0 Å². The van der Waals surface area contributed by atoms with Gasteiger partial charge in [0.1, 0.15) is 5.82 Å². The molecular weight excluding hydrogens is 472 g/mol. The van der Waals surface area contributed by atoms with Gasteiger partial charge >= 0.3 is 0 Å². The van der Waals surface area contributed by atoms with Crippen LogP contribution in [0, 0.1) is 12.7 Å². The quantitative estimate of drug-likeness (QED) is 0.455. The Balaban J connectivity index is 1.84. The van der Waals surface area contributed by atoms with Crippen molar-refractivity contribution in [1.29, 1.82) is 0 Å². The van der Waals surface area contributed by atoms with Crippen LogP contribution in [0.25, 0.3) is 0 Å². The van der Waals surface area contributed by atoms with E-state index in [0.29, 0.717) is 28.0 Å². The van der Waals surface area contributed by atoms with E-state index in [1.807, 2.05) is 49.4 Å². The fourth-order valence-corrected chi connectivity index (χ4v) is 6.18. The topological polar surface area (TPSA) is 67.5 Å². The van der Waals surface area contributed by atoms with E-state index < -0.39 is 11.3 Å². The van der Waals surface area contributed by atoms with E-state index in [9.17, 15) is 9.18 Å². The average Bonchev–Trinajstić information content (AvgIpc) is 3.08. The highest BCUT2D eigenvalue weighted by Crippen LogP contribution is 2.59. The maximum absolute atomic E-state index is 14.6. The van der Waals surface area contributed by atoms with Crippen LogP contribution in [-0.2, 0) is 10.2 Å². The number of hydrogen-bond acceptors (Lipinski definition) is 3. The fraction of sp³-hybridized carbons (Fsp3) is 0.259. The lowest BCUT2D eigenvalue weighted by atomic mass is 9.56. The minimum Gasteiger partial charge on any atom is -0.369 e. The first-order valence-corrected chi connectivity index (χ1v) is 12.0. The maximum atomic E-state index is 14.6. The highest BCUT2D eigenvalue weighted by atomic mass is 35.5. The Kier molecular flexibility index (Phi) is 5.96. The summed E-state index contributed by atoms with van der Waals surface area (Å²) in [6.07, 6.45) is 0.705. The SMILES string of the molecule is Cc1ccc(F)cc1C1CCNC(c2cccc(Cl)c2)C12C(CC(N)=O)=Nc1cc(Cl)ccc12. The second-order valence-corrected chi connectivity index (χ2v) is 9.89. The summed E-state index contributed by atoms with van der Waals surface area (Å²) in [5.41, 5.74) is 10.1. The first kappa shape index (κ1) is 23.0. The molecule has 2 aliphatic heterocycles. The van der Waals surface area contributed by atoms with Gasteiger partial charge in [-0.3, -0.25) is 9.79 Å². The van der Waals surface area contributed by atoms with Crippen LogP contribution in [0.15, 0.2) is 65.7 Å². The molecule has 3 N–H and O–H groups in total. The molecule has 4 nitrogen and oxygen atoms in total. The molecule has 2 heterocycles. The molecule has 0 radical (unpaired) electrons. The number of rotatable bonds is 4. The van der Waals surface area contributed by atoms with Crippen molar-refractivity contribution in [3.63, 3.8) is 0 Å². The molecule has 0 aromatic heterocycles. The van der Waals surface area contributed by atoms with Crippen LogP contribution in [0.1, 0.15) is 47.1 Å². The Morgan fingerprint density at radius 3 is 2.71 bits per heavy atom. The van der Waals surface area contributed by atoms with E-state index >= 15 is 0 Å². The van der Waals surface area contributed by atoms with Crippen molar-refractivity contribution in [2.45, 2.75) is 37.1 Å². The average molecular weight is 496 g/mol. The van der Waals surface area contributed by atoms with Gasteiger partial charge in [-0.25, -0.2) is 4.39 Å². The predicted molar refractivity (Wildman–Crippen MR) is 135 cm³/mol. The molecule has 1 fully saturated rings. The van der Waals surface area contributed by atoms with Crippen LogP contribution in [0.5, 0.6) is 0 Å². The van der Waals surface area contributed by atoms with Gasteiger partial charge in [0, 0.05) is 27.7 Å². The summed E-state index contributed by atoms with van der Waals surface area (Å²) in [4.78, 5) is 17.2. The first-order valence-electron chi connectivity index (χ1n) is 11.2.